The van der Waals surface area contributed by atoms with E-state index in [1.165, 1.54) is 7.11 Å². The Morgan fingerprint density at radius 1 is 0.770 bits per heavy atom. The molecule has 1 spiro atoms. The van der Waals surface area contributed by atoms with Crippen LogP contribution >= 0.6 is 23.2 Å². The number of hydrogen-bond donors (Lipinski definition) is 3. The van der Waals surface area contributed by atoms with Crippen LogP contribution in [0.2, 0.25) is 10.0 Å². The third kappa shape index (κ3) is 17.6. The molecule has 0 unspecified atom stereocenters. The number of likely N-dealkylation sites (tertiary alicyclic amines) is 2. The number of benzene rings is 3. The molecule has 6 amide bonds. The first-order valence-electron chi connectivity index (χ1n) is 29.2. The van der Waals surface area contributed by atoms with E-state index in [1.807, 2.05) is 26.0 Å². The molecule has 0 saturated carbocycles. The number of rotatable bonds is 29. The first-order chi connectivity index (χ1) is 41.7. The van der Waals surface area contributed by atoms with Gasteiger partial charge in [0.2, 0.25) is 23.6 Å². The summed E-state index contributed by atoms with van der Waals surface area (Å²) in [5, 5.41) is 13.9. The van der Waals surface area contributed by atoms with E-state index in [9.17, 15) is 28.8 Å². The van der Waals surface area contributed by atoms with Gasteiger partial charge in [0.1, 0.15) is 36.3 Å². The molecule has 87 heavy (non-hydrogen) atoms. The number of halogens is 2. The SMILES string of the molecule is COCCOCCOCCOCCOCCOCCC(=O)N[C@H](CC(=O)N1CC2(CCCN2C(=O)CNC(=O)OC(C)(C)C)C1)C(=O)Nc1cccc(-c2cc3c(cc2OC)OCc2c(C(=O)N4CCOCC4(C)C)nn(-c4cc(Cl)cc(Cl)c4)c2-3)c1. The quantitative estimate of drug-likeness (QED) is 0.0502. The molecule has 4 aliphatic rings. The number of hydrogen-bond acceptors (Lipinski definition) is 17. The molecule has 24 nitrogen and oxygen atoms in total. The topological polar surface area (TPSA) is 258 Å². The maximum atomic E-state index is 14.6. The molecule has 26 heteroatoms. The van der Waals surface area contributed by atoms with Gasteiger partial charge in [0.25, 0.3) is 5.91 Å². The lowest BCUT2D eigenvalue weighted by Crippen LogP contribution is -2.70. The van der Waals surface area contributed by atoms with E-state index >= 15 is 0 Å². The van der Waals surface area contributed by atoms with Crippen LogP contribution in [-0.4, -0.2) is 216 Å². The second kappa shape index (κ2) is 30.5. The predicted molar refractivity (Wildman–Crippen MR) is 322 cm³/mol. The monoisotopic (exact) mass is 1250 g/mol. The summed E-state index contributed by atoms with van der Waals surface area (Å²) >= 11 is 13.1. The van der Waals surface area contributed by atoms with Crippen LogP contribution in [0.3, 0.4) is 0 Å². The van der Waals surface area contributed by atoms with E-state index in [0.717, 1.165) is 0 Å². The van der Waals surface area contributed by atoms with Crippen LogP contribution in [-0.2, 0) is 63.7 Å². The van der Waals surface area contributed by atoms with Crippen LogP contribution in [0, 0.1) is 0 Å². The number of methoxy groups -OCH3 is 2. The molecular weight excluding hydrogens is 1170 g/mol. The molecule has 4 aromatic rings. The van der Waals surface area contributed by atoms with E-state index in [2.05, 4.69) is 16.0 Å². The van der Waals surface area contributed by atoms with Gasteiger partial charge in [-0.1, -0.05) is 35.3 Å². The van der Waals surface area contributed by atoms with Gasteiger partial charge < -0.3 is 78.0 Å². The zero-order chi connectivity index (χ0) is 62.3. The lowest BCUT2D eigenvalue weighted by Gasteiger charge is -2.53. The van der Waals surface area contributed by atoms with Crippen LogP contribution in [0.15, 0.2) is 54.6 Å². The van der Waals surface area contributed by atoms with Crippen molar-refractivity contribution in [3.8, 4) is 39.6 Å². The summed E-state index contributed by atoms with van der Waals surface area (Å²) in [4.78, 5) is 87.7. The molecule has 0 aliphatic carbocycles. The number of carbonyl (C=O) groups excluding carboxylic acids is 6. The van der Waals surface area contributed by atoms with E-state index in [0.29, 0.717) is 153 Å². The fourth-order valence-electron chi connectivity index (χ4n) is 10.8. The summed E-state index contributed by atoms with van der Waals surface area (Å²) in [6, 6.07) is 14.3. The molecule has 1 aromatic heterocycles. The number of fused-ring (bicyclic) bond motifs is 3. The lowest BCUT2D eigenvalue weighted by atomic mass is 9.86. The summed E-state index contributed by atoms with van der Waals surface area (Å²) in [7, 11) is 3.14. The second-order valence-corrected chi connectivity index (χ2v) is 23.9. The number of amides is 6. The average molecular weight is 1250 g/mol. The summed E-state index contributed by atoms with van der Waals surface area (Å²) in [5.74, 6) is -1.30. The van der Waals surface area contributed by atoms with Gasteiger partial charge in [-0.05, 0) is 89.4 Å². The summed E-state index contributed by atoms with van der Waals surface area (Å²) in [5.41, 5.74) is 1.95. The van der Waals surface area contributed by atoms with Gasteiger partial charge in [-0.2, -0.15) is 5.10 Å². The van der Waals surface area contributed by atoms with Crippen molar-refractivity contribution in [2.45, 2.75) is 89.6 Å². The van der Waals surface area contributed by atoms with Gasteiger partial charge >= 0.3 is 6.09 Å². The number of carbonyl (C=O) groups is 6. The highest BCUT2D eigenvalue weighted by molar-refractivity contribution is 6.34. The molecular formula is C61H80Cl2N8O16. The largest absolute Gasteiger partial charge is 0.496 e. The van der Waals surface area contributed by atoms with Crippen LogP contribution in [0.1, 0.15) is 76.4 Å². The Morgan fingerprint density at radius 3 is 2.06 bits per heavy atom. The molecule has 4 aliphatic heterocycles. The number of anilines is 1. The van der Waals surface area contributed by atoms with Gasteiger partial charge in [0.05, 0.1) is 122 Å². The van der Waals surface area contributed by atoms with Crippen molar-refractivity contribution in [3.05, 3.63) is 75.9 Å². The lowest BCUT2D eigenvalue weighted by molar-refractivity contribution is -0.154. The van der Waals surface area contributed by atoms with Crippen molar-refractivity contribution < 1.29 is 76.1 Å². The molecule has 3 aromatic carbocycles. The molecule has 3 saturated heterocycles. The number of nitrogens with one attached hydrogen (secondary N) is 3. The zero-order valence-corrected chi connectivity index (χ0v) is 52.1. The van der Waals surface area contributed by atoms with Gasteiger partial charge in [-0.3, -0.25) is 24.0 Å². The number of aromatic nitrogens is 2. The van der Waals surface area contributed by atoms with Gasteiger partial charge in [0.15, 0.2) is 5.69 Å². The highest BCUT2D eigenvalue weighted by Gasteiger charge is 2.53. The first-order valence-corrected chi connectivity index (χ1v) is 29.9. The van der Waals surface area contributed by atoms with Crippen molar-refractivity contribution in [1.82, 2.24) is 35.1 Å². The van der Waals surface area contributed by atoms with Crippen molar-refractivity contribution in [1.29, 1.82) is 0 Å². The Balaban J connectivity index is 0.955. The van der Waals surface area contributed by atoms with Crippen LogP contribution in [0.25, 0.3) is 28.1 Å². The number of morpholine rings is 1. The second-order valence-electron chi connectivity index (χ2n) is 23.1. The molecule has 3 fully saturated rings. The van der Waals surface area contributed by atoms with Crippen LogP contribution in [0.4, 0.5) is 10.5 Å². The van der Waals surface area contributed by atoms with E-state index < -0.39 is 53.0 Å². The maximum absolute atomic E-state index is 14.6. The Morgan fingerprint density at radius 2 is 1.43 bits per heavy atom. The fraction of sp³-hybridized carbons (Fsp3) is 0.557. The molecule has 8 rings (SSSR count). The summed E-state index contributed by atoms with van der Waals surface area (Å²) in [6.07, 6.45) is 0.120. The van der Waals surface area contributed by atoms with Crippen molar-refractivity contribution in [2.75, 3.05) is 138 Å². The van der Waals surface area contributed by atoms with E-state index in [1.54, 1.807) is 89.7 Å². The predicted octanol–water partition coefficient (Wildman–Crippen LogP) is 6.33. The molecule has 1 atom stereocenters. The Kier molecular flexibility index (Phi) is 23.3. The zero-order valence-electron chi connectivity index (χ0n) is 50.6. The normalized spacial score (nSPS) is 16.1. The molecule has 0 bridgehead atoms. The molecule has 3 N–H and O–H groups in total. The van der Waals surface area contributed by atoms with E-state index in [4.69, 9.17) is 75.7 Å². The van der Waals surface area contributed by atoms with Crippen molar-refractivity contribution >= 4 is 64.5 Å². The third-order valence-electron chi connectivity index (χ3n) is 15.0. The molecule has 474 valence electrons. The Bertz CT molecular complexity index is 3050. The van der Waals surface area contributed by atoms with E-state index in [-0.39, 0.29) is 70.0 Å². The van der Waals surface area contributed by atoms with Crippen molar-refractivity contribution in [2.24, 2.45) is 0 Å². The van der Waals surface area contributed by atoms with Gasteiger partial charge in [-0.15, -0.1) is 0 Å². The number of alkyl carbamates (subject to hydrolysis) is 1. The smallest absolute Gasteiger partial charge is 0.408 e. The van der Waals surface area contributed by atoms with Gasteiger partial charge in [0, 0.05) is 78.2 Å². The summed E-state index contributed by atoms with van der Waals surface area (Å²) < 4.78 is 57.6. The average Bonchev–Trinajstić information content (AvgIpc) is 2.48. The highest BCUT2D eigenvalue weighted by atomic mass is 35.5. The highest BCUT2D eigenvalue weighted by Crippen LogP contribution is 2.47. The number of ether oxygens (including phenoxy) is 10. The minimum atomic E-state index is -1.33. The Hall–Kier alpha value is -6.61. The summed E-state index contributed by atoms with van der Waals surface area (Å²) in [6.45, 7) is 14.7. The van der Waals surface area contributed by atoms with Crippen LogP contribution in [0.5, 0.6) is 11.5 Å². The third-order valence-corrected chi connectivity index (χ3v) is 15.4. The van der Waals surface area contributed by atoms with Gasteiger partial charge in [-0.25, -0.2) is 9.48 Å². The van der Waals surface area contributed by atoms with Crippen LogP contribution < -0.4 is 25.4 Å². The minimum Gasteiger partial charge on any atom is -0.496 e. The van der Waals surface area contributed by atoms with Crippen molar-refractivity contribution in [3.63, 3.8) is 0 Å². The first kappa shape index (κ1) is 66.3. The standard InChI is InChI=1S/C61H80Cl2N8O16/c1-59(2,3)87-58(77)64-35-53(74)69-14-9-13-61(69)37-68(38-61)52(73)33-48(66-51(72)12-16-80-20-21-82-24-25-84-27-26-83-23-22-81-19-18-78-6)56(75)65-43-11-8-10-40(28-43)45-32-46-50(34-49(45)79-7)86-36-47-54(57(76)70-15-17-85-39-60(70,4)5)67-71(55(46)47)44-30-41(62)29-42(63)31-44/h8,10-11,28-32,34,48H,9,12-27,33,35-39H2,1-7H3,(H,64,77)(H,65,75)(H,66,72)/t48-/m1/s1. The molecule has 5 heterocycles. The maximum Gasteiger partial charge on any atom is 0.408 e. The number of nitrogens with zero attached hydrogens (tertiary/aromatic N) is 5. The fourth-order valence-corrected chi connectivity index (χ4v) is 11.3. The Labute approximate surface area is 516 Å². The minimum absolute atomic E-state index is 0.0102. The molecule has 0 radical (unpaired) electrons.